The highest BCUT2D eigenvalue weighted by Crippen LogP contribution is 1.86. The highest BCUT2D eigenvalue weighted by Gasteiger charge is 1.98. The average Bonchev–Trinajstić information content (AvgIpc) is 1.84. The second-order valence-electron chi connectivity index (χ2n) is 1.36. The number of carbonyl (C=O) groups is 1. The van der Waals surface area contributed by atoms with Crippen LogP contribution in [0.15, 0.2) is 12.7 Å². The van der Waals surface area contributed by atoms with Crippen molar-refractivity contribution < 1.29 is 4.79 Å². The van der Waals surface area contributed by atoms with Crippen molar-refractivity contribution in [2.45, 2.75) is 0 Å². The highest BCUT2D eigenvalue weighted by atomic mass is 35.5. The lowest BCUT2D eigenvalue weighted by molar-refractivity contribution is -0.123. The molecule has 0 rings (SSSR count). The number of amides is 1. The summed E-state index contributed by atoms with van der Waals surface area (Å²) < 4.78 is 0. The minimum atomic E-state index is -0.153. The van der Waals surface area contributed by atoms with Gasteiger partial charge in [0.15, 0.2) is 0 Å². The molecule has 2 nitrogen and oxygen atoms in total. The molecule has 0 aromatic rings. The van der Waals surface area contributed by atoms with Crippen LogP contribution in [0.5, 0.6) is 0 Å². The molecule has 8 heavy (non-hydrogen) atoms. The molecule has 3 heteroatoms. The SMILES string of the molecule is C=CC(=O)N(C)CCl. The van der Waals surface area contributed by atoms with Gasteiger partial charge in [0.2, 0.25) is 5.91 Å². The summed E-state index contributed by atoms with van der Waals surface area (Å²) in [5, 5.41) is 0. The molecule has 0 aromatic carbocycles. The first-order chi connectivity index (χ1) is 3.72. The molecule has 0 saturated carbocycles. The summed E-state index contributed by atoms with van der Waals surface area (Å²) in [5.41, 5.74) is 0. The standard InChI is InChI=1S/C5H8ClNO/c1-3-5(8)7(2)4-6/h3H,1,4H2,2H3. The number of halogens is 1. The average molecular weight is 134 g/mol. The quantitative estimate of drug-likeness (QED) is 0.310. The second-order valence-corrected chi connectivity index (χ2v) is 1.60. The van der Waals surface area contributed by atoms with Gasteiger partial charge in [0.25, 0.3) is 0 Å². The molecule has 0 unspecified atom stereocenters. The molecule has 0 saturated heterocycles. The van der Waals surface area contributed by atoms with Crippen LogP contribution in [-0.2, 0) is 4.79 Å². The van der Waals surface area contributed by atoms with E-state index in [-0.39, 0.29) is 11.9 Å². The fraction of sp³-hybridized carbons (Fsp3) is 0.400. The van der Waals surface area contributed by atoms with E-state index in [9.17, 15) is 4.79 Å². The van der Waals surface area contributed by atoms with Crippen molar-refractivity contribution in [3.05, 3.63) is 12.7 Å². The molecule has 0 N–H and O–H groups in total. The third kappa shape index (κ3) is 1.98. The predicted molar refractivity (Wildman–Crippen MR) is 33.7 cm³/mol. The number of nitrogens with zero attached hydrogens (tertiary/aromatic N) is 1. The van der Waals surface area contributed by atoms with Crippen LogP contribution >= 0.6 is 11.6 Å². The van der Waals surface area contributed by atoms with Crippen LogP contribution in [0.3, 0.4) is 0 Å². The monoisotopic (exact) mass is 133 g/mol. The van der Waals surface area contributed by atoms with Crippen LogP contribution in [0.4, 0.5) is 0 Å². The van der Waals surface area contributed by atoms with Gasteiger partial charge in [-0.05, 0) is 6.08 Å². The maximum absolute atomic E-state index is 10.5. The number of hydrogen-bond acceptors (Lipinski definition) is 1. The molecule has 0 aliphatic carbocycles. The molecular formula is C5H8ClNO. The van der Waals surface area contributed by atoms with Gasteiger partial charge in [-0.2, -0.15) is 0 Å². The maximum atomic E-state index is 10.5. The molecule has 0 radical (unpaired) electrons. The lowest BCUT2D eigenvalue weighted by Gasteiger charge is -2.08. The lowest BCUT2D eigenvalue weighted by Crippen LogP contribution is -2.22. The Balaban J connectivity index is 3.62. The zero-order chi connectivity index (χ0) is 6.57. The summed E-state index contributed by atoms with van der Waals surface area (Å²) in [6.07, 6.45) is 1.22. The Bertz CT molecular complexity index is 103. The van der Waals surface area contributed by atoms with Crippen molar-refractivity contribution in [1.82, 2.24) is 4.90 Å². The Morgan fingerprint density at radius 1 is 2.00 bits per heavy atom. The van der Waals surface area contributed by atoms with Crippen molar-refractivity contribution in [3.8, 4) is 0 Å². The van der Waals surface area contributed by atoms with Gasteiger partial charge in [-0.3, -0.25) is 4.79 Å². The van der Waals surface area contributed by atoms with Gasteiger partial charge < -0.3 is 4.90 Å². The molecule has 0 aliphatic rings. The van der Waals surface area contributed by atoms with E-state index >= 15 is 0 Å². The van der Waals surface area contributed by atoms with E-state index in [0.717, 1.165) is 0 Å². The molecule has 0 heterocycles. The summed E-state index contributed by atoms with van der Waals surface area (Å²) in [6, 6.07) is 0.213. The largest absolute Gasteiger partial charge is 0.328 e. The van der Waals surface area contributed by atoms with Gasteiger partial charge in [0.05, 0.1) is 6.00 Å². The van der Waals surface area contributed by atoms with E-state index in [1.54, 1.807) is 7.05 Å². The minimum absolute atomic E-state index is 0.153. The smallest absolute Gasteiger partial charge is 0.246 e. The molecule has 0 aliphatic heterocycles. The minimum Gasteiger partial charge on any atom is -0.328 e. The topological polar surface area (TPSA) is 20.3 Å². The summed E-state index contributed by atoms with van der Waals surface area (Å²) in [7, 11) is 1.61. The third-order valence-electron chi connectivity index (χ3n) is 0.730. The van der Waals surface area contributed by atoms with Gasteiger partial charge in [-0.15, -0.1) is 11.6 Å². The zero-order valence-electron chi connectivity index (χ0n) is 4.72. The summed E-state index contributed by atoms with van der Waals surface area (Å²) in [5.74, 6) is -0.153. The lowest BCUT2D eigenvalue weighted by atomic mass is 10.5. The van der Waals surface area contributed by atoms with Gasteiger partial charge in [-0.25, -0.2) is 0 Å². The Morgan fingerprint density at radius 3 is 2.62 bits per heavy atom. The number of alkyl halides is 1. The van der Waals surface area contributed by atoms with Crippen molar-refractivity contribution in [1.29, 1.82) is 0 Å². The molecule has 1 amide bonds. The van der Waals surface area contributed by atoms with Gasteiger partial charge in [0.1, 0.15) is 0 Å². The van der Waals surface area contributed by atoms with Crippen LogP contribution in [0, 0.1) is 0 Å². The molecule has 0 atom stereocenters. The first-order valence-electron chi connectivity index (χ1n) is 2.16. The van der Waals surface area contributed by atoms with Gasteiger partial charge >= 0.3 is 0 Å². The van der Waals surface area contributed by atoms with Crippen molar-refractivity contribution in [2.24, 2.45) is 0 Å². The molecule has 0 aromatic heterocycles. The third-order valence-corrected chi connectivity index (χ3v) is 1.09. The van der Waals surface area contributed by atoms with Crippen molar-refractivity contribution >= 4 is 17.5 Å². The zero-order valence-corrected chi connectivity index (χ0v) is 5.48. The number of rotatable bonds is 2. The predicted octanol–water partition coefficient (Wildman–Crippen LogP) is 0.827. The number of carbonyl (C=O) groups excluding carboxylic acids is 1. The van der Waals surface area contributed by atoms with E-state index in [4.69, 9.17) is 11.6 Å². The highest BCUT2D eigenvalue weighted by molar-refractivity contribution is 6.18. The molecule has 0 spiro atoms. The van der Waals surface area contributed by atoms with Crippen molar-refractivity contribution in [3.63, 3.8) is 0 Å². The van der Waals surface area contributed by atoms with E-state index in [1.807, 2.05) is 0 Å². The second kappa shape index (κ2) is 3.50. The first kappa shape index (κ1) is 7.50. The fourth-order valence-electron chi connectivity index (χ4n) is 0.215. The van der Waals surface area contributed by atoms with Gasteiger partial charge in [-0.1, -0.05) is 6.58 Å². The molecular weight excluding hydrogens is 126 g/mol. The van der Waals surface area contributed by atoms with E-state index in [0.29, 0.717) is 0 Å². The molecule has 0 bridgehead atoms. The Kier molecular flexibility index (Phi) is 3.28. The summed E-state index contributed by atoms with van der Waals surface area (Å²) in [6.45, 7) is 3.28. The normalized spacial score (nSPS) is 8.25. The first-order valence-corrected chi connectivity index (χ1v) is 2.69. The molecule has 46 valence electrons. The number of hydrogen-bond donors (Lipinski definition) is 0. The number of likely N-dealkylation sites (N-methyl/N-ethyl adjacent to an activating group) is 1. The summed E-state index contributed by atoms with van der Waals surface area (Å²) in [4.78, 5) is 11.8. The Hall–Kier alpha value is -0.500. The van der Waals surface area contributed by atoms with Gasteiger partial charge in [0, 0.05) is 7.05 Å². The van der Waals surface area contributed by atoms with Crippen LogP contribution in [0.1, 0.15) is 0 Å². The van der Waals surface area contributed by atoms with Crippen LogP contribution in [0.25, 0.3) is 0 Å². The maximum Gasteiger partial charge on any atom is 0.246 e. The van der Waals surface area contributed by atoms with E-state index in [1.165, 1.54) is 11.0 Å². The van der Waals surface area contributed by atoms with Crippen LogP contribution in [0.2, 0.25) is 0 Å². The van der Waals surface area contributed by atoms with Crippen LogP contribution < -0.4 is 0 Å². The van der Waals surface area contributed by atoms with E-state index < -0.39 is 0 Å². The van der Waals surface area contributed by atoms with Crippen molar-refractivity contribution in [2.75, 3.05) is 13.1 Å². The van der Waals surface area contributed by atoms with Crippen LogP contribution in [-0.4, -0.2) is 23.9 Å². The van der Waals surface area contributed by atoms with E-state index in [2.05, 4.69) is 6.58 Å². The Morgan fingerprint density at radius 2 is 2.50 bits per heavy atom. The molecule has 0 fully saturated rings. The Labute approximate surface area is 53.7 Å². The summed E-state index contributed by atoms with van der Waals surface area (Å²) >= 11 is 5.28. The fourth-order valence-corrected chi connectivity index (χ4v) is 0.333.